The molecule has 0 spiro atoms. The molecule has 5 rings (SSSR count). The molecule has 8 heteroatoms. The van der Waals surface area contributed by atoms with Crippen molar-refractivity contribution in [3.63, 3.8) is 0 Å². The summed E-state index contributed by atoms with van der Waals surface area (Å²) in [7, 11) is 0. The number of hydrogen-bond acceptors (Lipinski definition) is 7. The lowest BCUT2D eigenvalue weighted by molar-refractivity contribution is 0.483. The Morgan fingerprint density at radius 3 is 2.53 bits per heavy atom. The quantitative estimate of drug-likeness (QED) is 0.319. The van der Waals surface area contributed by atoms with Gasteiger partial charge in [-0.2, -0.15) is 5.10 Å². The molecular weight excluding hydrogens is 448 g/mol. The van der Waals surface area contributed by atoms with Gasteiger partial charge in [0.1, 0.15) is 11.3 Å². The number of hydrogen-bond donors (Lipinski definition) is 2. The third-order valence-electron chi connectivity index (χ3n) is 5.88. The van der Waals surface area contributed by atoms with Crippen LogP contribution in [0.4, 0.5) is 5.82 Å². The van der Waals surface area contributed by atoms with E-state index in [1.165, 1.54) is 5.56 Å². The van der Waals surface area contributed by atoms with Gasteiger partial charge in [0.15, 0.2) is 5.82 Å². The van der Waals surface area contributed by atoms with Crippen LogP contribution in [0.5, 0.6) is 0 Å². The Labute approximate surface area is 210 Å². The van der Waals surface area contributed by atoms with Crippen molar-refractivity contribution in [1.82, 2.24) is 29.7 Å². The molecule has 0 unspecified atom stereocenters. The average molecular weight is 479 g/mol. The summed E-state index contributed by atoms with van der Waals surface area (Å²) in [6, 6.07) is 16.0. The Balaban J connectivity index is 1.52. The first-order valence-electron chi connectivity index (χ1n) is 12.2. The molecular formula is C28H30N8. The number of nitrogens with zero attached hydrogens (tertiary/aromatic N) is 6. The molecule has 3 N–H and O–H groups in total. The number of fused-ring (bicyclic) bond motifs is 1. The summed E-state index contributed by atoms with van der Waals surface area (Å²) in [5.74, 6) is 1.83. The van der Waals surface area contributed by atoms with Crippen LogP contribution in [-0.4, -0.2) is 42.3 Å². The van der Waals surface area contributed by atoms with E-state index in [2.05, 4.69) is 46.4 Å². The van der Waals surface area contributed by atoms with Crippen LogP contribution < -0.4 is 11.1 Å². The number of nitrogens with one attached hydrogen (secondary N) is 1. The fourth-order valence-electron chi connectivity index (χ4n) is 4.21. The van der Waals surface area contributed by atoms with Gasteiger partial charge in [0.25, 0.3) is 0 Å². The molecule has 5 aromatic rings. The Morgan fingerprint density at radius 1 is 0.944 bits per heavy atom. The van der Waals surface area contributed by atoms with Crippen LogP contribution in [0.15, 0.2) is 79.5 Å². The Hall–Kier alpha value is -4.17. The number of rotatable bonds is 9. The molecule has 0 aliphatic rings. The van der Waals surface area contributed by atoms with E-state index < -0.39 is 0 Å². The van der Waals surface area contributed by atoms with Crippen LogP contribution in [0, 0.1) is 5.92 Å². The van der Waals surface area contributed by atoms with Gasteiger partial charge in [-0.25, -0.2) is 9.97 Å². The van der Waals surface area contributed by atoms with E-state index in [-0.39, 0.29) is 6.04 Å². The van der Waals surface area contributed by atoms with Crippen molar-refractivity contribution in [2.24, 2.45) is 11.7 Å². The van der Waals surface area contributed by atoms with E-state index in [0.717, 1.165) is 46.5 Å². The zero-order valence-electron chi connectivity index (χ0n) is 20.5. The maximum Gasteiger partial charge on any atom is 0.162 e. The fraction of sp³-hybridized carbons (Fsp3) is 0.250. The zero-order valence-corrected chi connectivity index (χ0v) is 20.5. The molecule has 1 atom stereocenters. The first-order chi connectivity index (χ1) is 17.6. The second-order valence-electron chi connectivity index (χ2n) is 9.36. The van der Waals surface area contributed by atoms with Crippen molar-refractivity contribution in [2.45, 2.75) is 32.9 Å². The summed E-state index contributed by atoms with van der Waals surface area (Å²) in [5.41, 5.74) is 11.0. The Morgan fingerprint density at radius 2 is 1.75 bits per heavy atom. The third-order valence-corrected chi connectivity index (χ3v) is 5.88. The van der Waals surface area contributed by atoms with Gasteiger partial charge < -0.3 is 11.1 Å². The zero-order chi connectivity index (χ0) is 24.9. The third kappa shape index (κ3) is 5.39. The molecule has 36 heavy (non-hydrogen) atoms. The van der Waals surface area contributed by atoms with Crippen molar-refractivity contribution in [3.05, 3.63) is 85.1 Å². The van der Waals surface area contributed by atoms with Gasteiger partial charge in [-0.1, -0.05) is 44.2 Å². The van der Waals surface area contributed by atoms with E-state index in [9.17, 15) is 0 Å². The minimum absolute atomic E-state index is 0.0719. The summed E-state index contributed by atoms with van der Waals surface area (Å²) < 4.78 is 1.95. The number of nitrogens with two attached hydrogens (primary N) is 1. The molecule has 0 saturated heterocycles. The summed E-state index contributed by atoms with van der Waals surface area (Å²) >= 11 is 0. The van der Waals surface area contributed by atoms with Crippen LogP contribution in [0.1, 0.15) is 19.4 Å². The Bertz CT molecular complexity index is 1430. The minimum Gasteiger partial charge on any atom is -0.368 e. The minimum atomic E-state index is -0.0719. The van der Waals surface area contributed by atoms with Crippen molar-refractivity contribution >= 4 is 16.7 Å². The lowest BCUT2D eigenvalue weighted by Gasteiger charge is -2.16. The van der Waals surface area contributed by atoms with Gasteiger partial charge in [-0.3, -0.25) is 14.6 Å². The molecule has 0 aliphatic heterocycles. The highest BCUT2D eigenvalue weighted by atomic mass is 15.3. The Kier molecular flexibility index (Phi) is 6.95. The van der Waals surface area contributed by atoms with Gasteiger partial charge in [-0.05, 0) is 36.1 Å². The highest BCUT2D eigenvalue weighted by Gasteiger charge is 2.16. The van der Waals surface area contributed by atoms with Crippen LogP contribution in [-0.2, 0) is 13.0 Å². The summed E-state index contributed by atoms with van der Waals surface area (Å²) in [6.45, 7) is 5.76. The molecule has 0 amide bonds. The molecule has 4 aromatic heterocycles. The number of aromatic nitrogens is 6. The molecule has 0 saturated carbocycles. The SMILES string of the molecule is CC(C)Cn1cc(-c2nccc3c(NC[C@@H](N)Cc4ccccc4)nc(-c4ccncc4)nc23)cn1. The number of benzene rings is 1. The summed E-state index contributed by atoms with van der Waals surface area (Å²) in [6.07, 6.45) is 9.93. The van der Waals surface area contributed by atoms with Crippen molar-refractivity contribution in [3.8, 4) is 22.6 Å². The van der Waals surface area contributed by atoms with Crippen molar-refractivity contribution in [1.29, 1.82) is 0 Å². The molecule has 0 radical (unpaired) electrons. The molecule has 0 fully saturated rings. The normalized spacial score (nSPS) is 12.2. The van der Waals surface area contributed by atoms with Crippen LogP contribution in [0.25, 0.3) is 33.5 Å². The van der Waals surface area contributed by atoms with Gasteiger partial charge >= 0.3 is 0 Å². The summed E-state index contributed by atoms with van der Waals surface area (Å²) in [4.78, 5) is 18.6. The maximum atomic E-state index is 6.47. The topological polar surface area (TPSA) is 107 Å². The molecule has 4 heterocycles. The molecule has 0 bridgehead atoms. The lowest BCUT2D eigenvalue weighted by Crippen LogP contribution is -2.31. The van der Waals surface area contributed by atoms with E-state index in [0.29, 0.717) is 18.3 Å². The van der Waals surface area contributed by atoms with Crippen molar-refractivity contribution < 1.29 is 0 Å². The molecule has 1 aromatic carbocycles. The van der Waals surface area contributed by atoms with E-state index in [1.54, 1.807) is 18.6 Å². The molecule has 8 nitrogen and oxygen atoms in total. The van der Waals surface area contributed by atoms with Gasteiger partial charge in [0.2, 0.25) is 0 Å². The average Bonchev–Trinajstić information content (AvgIpc) is 3.35. The first kappa shape index (κ1) is 23.6. The predicted molar refractivity (Wildman–Crippen MR) is 143 cm³/mol. The predicted octanol–water partition coefficient (Wildman–Crippen LogP) is 4.59. The van der Waals surface area contributed by atoms with E-state index >= 15 is 0 Å². The fourth-order valence-corrected chi connectivity index (χ4v) is 4.21. The van der Waals surface area contributed by atoms with E-state index in [1.807, 2.05) is 53.5 Å². The first-order valence-corrected chi connectivity index (χ1v) is 12.2. The van der Waals surface area contributed by atoms with Gasteiger partial charge in [-0.15, -0.1) is 0 Å². The second-order valence-corrected chi connectivity index (χ2v) is 9.36. The number of pyridine rings is 2. The lowest BCUT2D eigenvalue weighted by atomic mass is 10.1. The van der Waals surface area contributed by atoms with Crippen LogP contribution in [0.3, 0.4) is 0 Å². The van der Waals surface area contributed by atoms with Crippen molar-refractivity contribution in [2.75, 3.05) is 11.9 Å². The highest BCUT2D eigenvalue weighted by molar-refractivity contribution is 5.98. The maximum absolute atomic E-state index is 6.47. The monoisotopic (exact) mass is 478 g/mol. The van der Waals surface area contributed by atoms with Crippen LogP contribution in [0.2, 0.25) is 0 Å². The van der Waals surface area contributed by atoms with Crippen LogP contribution >= 0.6 is 0 Å². The molecule has 0 aliphatic carbocycles. The highest BCUT2D eigenvalue weighted by Crippen LogP contribution is 2.31. The number of anilines is 1. The van der Waals surface area contributed by atoms with Gasteiger partial charge in [0, 0.05) is 60.4 Å². The standard InChI is InChI=1S/C28H30N8/c1-19(2)17-36-18-22(15-33-36)25-26-24(10-13-31-25)28(35-27(34-26)21-8-11-30-12-9-21)32-16-23(29)14-20-6-4-3-5-7-20/h3-13,15,18-19,23H,14,16-17,29H2,1-2H3,(H,32,34,35)/t23-/m0/s1. The molecule has 182 valence electrons. The largest absolute Gasteiger partial charge is 0.368 e. The van der Waals surface area contributed by atoms with Gasteiger partial charge in [0.05, 0.1) is 11.9 Å². The summed E-state index contributed by atoms with van der Waals surface area (Å²) in [5, 5.41) is 8.91. The smallest absolute Gasteiger partial charge is 0.162 e. The second kappa shape index (κ2) is 10.6. The van der Waals surface area contributed by atoms with E-state index in [4.69, 9.17) is 15.7 Å².